The first kappa shape index (κ1) is 12.0. The van der Waals surface area contributed by atoms with E-state index in [1.165, 1.54) is 12.8 Å². The van der Waals surface area contributed by atoms with Gasteiger partial charge < -0.3 is 14.8 Å². The summed E-state index contributed by atoms with van der Waals surface area (Å²) in [7, 11) is 0. The molecule has 1 saturated heterocycles. The highest BCUT2D eigenvalue weighted by Crippen LogP contribution is 2.06. The average Bonchev–Trinajstić information content (AvgIpc) is 2.20. The van der Waals surface area contributed by atoms with Crippen LogP contribution in [0.3, 0.4) is 0 Å². The van der Waals surface area contributed by atoms with E-state index in [4.69, 9.17) is 9.47 Å². The fourth-order valence-electron chi connectivity index (χ4n) is 1.70. The van der Waals surface area contributed by atoms with Gasteiger partial charge in [-0.05, 0) is 12.3 Å². The number of morpholine rings is 1. The zero-order valence-corrected chi connectivity index (χ0v) is 9.42. The van der Waals surface area contributed by atoms with Crippen molar-refractivity contribution in [3.05, 3.63) is 0 Å². The summed E-state index contributed by atoms with van der Waals surface area (Å²) < 4.78 is 11.2. The lowest BCUT2D eigenvalue weighted by Gasteiger charge is -2.24. The molecule has 0 aromatic carbocycles. The van der Waals surface area contributed by atoms with Crippen LogP contribution in [-0.4, -0.2) is 39.0 Å². The first-order valence-electron chi connectivity index (χ1n) is 5.73. The zero-order valence-electron chi connectivity index (χ0n) is 9.42. The third kappa shape index (κ3) is 4.94. The highest BCUT2D eigenvalue weighted by molar-refractivity contribution is 4.66. The van der Waals surface area contributed by atoms with Crippen LogP contribution in [0.15, 0.2) is 0 Å². The van der Waals surface area contributed by atoms with Crippen LogP contribution in [0.1, 0.15) is 26.7 Å². The maximum Gasteiger partial charge on any atom is 0.0933 e. The quantitative estimate of drug-likeness (QED) is 0.705. The largest absolute Gasteiger partial charge is 0.378 e. The fourth-order valence-corrected chi connectivity index (χ4v) is 1.70. The molecule has 2 unspecified atom stereocenters. The SMILES string of the molecule is CCCC(C)COCC1CNCCO1. The fraction of sp³-hybridized carbons (Fsp3) is 1.00. The monoisotopic (exact) mass is 201 g/mol. The van der Waals surface area contributed by atoms with Crippen LogP contribution >= 0.6 is 0 Å². The Morgan fingerprint density at radius 3 is 3.07 bits per heavy atom. The van der Waals surface area contributed by atoms with Gasteiger partial charge in [-0.2, -0.15) is 0 Å². The van der Waals surface area contributed by atoms with Crippen molar-refractivity contribution in [2.45, 2.75) is 32.8 Å². The minimum atomic E-state index is 0.262. The molecule has 14 heavy (non-hydrogen) atoms. The Labute approximate surface area is 87.2 Å². The van der Waals surface area contributed by atoms with Crippen LogP contribution in [0.4, 0.5) is 0 Å². The first-order chi connectivity index (χ1) is 6.83. The van der Waals surface area contributed by atoms with Gasteiger partial charge in [0.1, 0.15) is 0 Å². The van der Waals surface area contributed by atoms with Gasteiger partial charge in [-0.1, -0.05) is 20.3 Å². The molecule has 0 aliphatic carbocycles. The van der Waals surface area contributed by atoms with E-state index < -0.39 is 0 Å². The van der Waals surface area contributed by atoms with Gasteiger partial charge in [0, 0.05) is 19.7 Å². The maximum absolute atomic E-state index is 5.62. The second kappa shape index (κ2) is 7.21. The molecule has 0 saturated carbocycles. The summed E-state index contributed by atoms with van der Waals surface area (Å²) >= 11 is 0. The number of ether oxygens (including phenoxy) is 2. The molecule has 1 heterocycles. The van der Waals surface area contributed by atoms with Crippen molar-refractivity contribution >= 4 is 0 Å². The van der Waals surface area contributed by atoms with E-state index in [1.54, 1.807) is 0 Å². The molecule has 1 fully saturated rings. The zero-order chi connectivity index (χ0) is 10.2. The summed E-state index contributed by atoms with van der Waals surface area (Å²) in [5.74, 6) is 0.677. The summed E-state index contributed by atoms with van der Waals surface area (Å²) in [4.78, 5) is 0. The van der Waals surface area contributed by atoms with Crippen molar-refractivity contribution in [2.75, 3.05) is 32.9 Å². The van der Waals surface area contributed by atoms with Gasteiger partial charge in [0.25, 0.3) is 0 Å². The average molecular weight is 201 g/mol. The molecule has 2 atom stereocenters. The number of nitrogens with one attached hydrogen (secondary N) is 1. The molecule has 1 N–H and O–H groups in total. The lowest BCUT2D eigenvalue weighted by Crippen LogP contribution is -2.41. The summed E-state index contributed by atoms with van der Waals surface area (Å²) in [5.41, 5.74) is 0. The first-order valence-corrected chi connectivity index (χ1v) is 5.73. The molecule has 0 bridgehead atoms. The Balaban J connectivity index is 1.96. The third-order valence-electron chi connectivity index (χ3n) is 2.49. The van der Waals surface area contributed by atoms with Crippen LogP contribution in [-0.2, 0) is 9.47 Å². The van der Waals surface area contributed by atoms with E-state index in [-0.39, 0.29) is 6.10 Å². The van der Waals surface area contributed by atoms with Crippen molar-refractivity contribution < 1.29 is 9.47 Å². The van der Waals surface area contributed by atoms with Crippen molar-refractivity contribution in [1.82, 2.24) is 5.32 Å². The standard InChI is InChI=1S/C11H23NO2/c1-3-4-10(2)8-13-9-11-7-12-5-6-14-11/h10-12H,3-9H2,1-2H3. The van der Waals surface area contributed by atoms with Gasteiger partial charge in [0.05, 0.1) is 19.3 Å². The van der Waals surface area contributed by atoms with Crippen LogP contribution in [0, 0.1) is 5.92 Å². The molecule has 1 aliphatic rings. The Morgan fingerprint density at radius 1 is 1.57 bits per heavy atom. The molecule has 0 amide bonds. The molecule has 3 nitrogen and oxygen atoms in total. The van der Waals surface area contributed by atoms with E-state index >= 15 is 0 Å². The number of hydrogen-bond donors (Lipinski definition) is 1. The van der Waals surface area contributed by atoms with Crippen molar-refractivity contribution in [3.63, 3.8) is 0 Å². The molecule has 1 rings (SSSR count). The molecule has 3 heteroatoms. The predicted octanol–water partition coefficient (Wildman–Crippen LogP) is 1.43. The van der Waals surface area contributed by atoms with Crippen LogP contribution in [0.2, 0.25) is 0 Å². The molecular weight excluding hydrogens is 178 g/mol. The summed E-state index contributed by atoms with van der Waals surface area (Å²) in [6.07, 6.45) is 2.76. The number of rotatable bonds is 6. The topological polar surface area (TPSA) is 30.5 Å². The van der Waals surface area contributed by atoms with Gasteiger partial charge in [0.2, 0.25) is 0 Å². The van der Waals surface area contributed by atoms with E-state index in [0.29, 0.717) is 5.92 Å². The highest BCUT2D eigenvalue weighted by Gasteiger charge is 2.13. The molecule has 0 aromatic rings. The van der Waals surface area contributed by atoms with Gasteiger partial charge in [-0.25, -0.2) is 0 Å². The summed E-state index contributed by atoms with van der Waals surface area (Å²) in [6.45, 7) is 8.78. The smallest absolute Gasteiger partial charge is 0.0933 e. The van der Waals surface area contributed by atoms with E-state index in [0.717, 1.165) is 32.9 Å². The molecule has 0 aromatic heterocycles. The second-order valence-corrected chi connectivity index (χ2v) is 4.13. The van der Waals surface area contributed by atoms with Crippen molar-refractivity contribution in [2.24, 2.45) is 5.92 Å². The molecule has 1 aliphatic heterocycles. The Morgan fingerprint density at radius 2 is 2.43 bits per heavy atom. The van der Waals surface area contributed by atoms with Crippen LogP contribution < -0.4 is 5.32 Å². The summed E-state index contributed by atoms with van der Waals surface area (Å²) in [5, 5.41) is 3.29. The van der Waals surface area contributed by atoms with Gasteiger partial charge >= 0.3 is 0 Å². The van der Waals surface area contributed by atoms with Gasteiger partial charge in [-0.15, -0.1) is 0 Å². The summed E-state index contributed by atoms with van der Waals surface area (Å²) in [6, 6.07) is 0. The van der Waals surface area contributed by atoms with Crippen molar-refractivity contribution in [1.29, 1.82) is 0 Å². The van der Waals surface area contributed by atoms with Crippen LogP contribution in [0.25, 0.3) is 0 Å². The Hall–Kier alpha value is -0.120. The van der Waals surface area contributed by atoms with Gasteiger partial charge in [0.15, 0.2) is 0 Å². The third-order valence-corrected chi connectivity index (χ3v) is 2.49. The number of hydrogen-bond acceptors (Lipinski definition) is 3. The lowest BCUT2D eigenvalue weighted by molar-refractivity contribution is -0.0375. The van der Waals surface area contributed by atoms with Crippen molar-refractivity contribution in [3.8, 4) is 0 Å². The Kier molecular flexibility index (Phi) is 6.15. The second-order valence-electron chi connectivity index (χ2n) is 4.13. The molecule has 84 valence electrons. The van der Waals surface area contributed by atoms with Crippen LogP contribution in [0.5, 0.6) is 0 Å². The molecule has 0 radical (unpaired) electrons. The molecule has 0 spiro atoms. The lowest BCUT2D eigenvalue weighted by atomic mass is 10.1. The van der Waals surface area contributed by atoms with E-state index in [1.807, 2.05) is 0 Å². The molecular formula is C11H23NO2. The minimum absolute atomic E-state index is 0.262. The van der Waals surface area contributed by atoms with E-state index in [2.05, 4.69) is 19.2 Å². The highest BCUT2D eigenvalue weighted by atomic mass is 16.5. The van der Waals surface area contributed by atoms with Gasteiger partial charge in [-0.3, -0.25) is 0 Å². The van der Waals surface area contributed by atoms with E-state index in [9.17, 15) is 0 Å². The maximum atomic E-state index is 5.62. The Bertz CT molecular complexity index is 135. The predicted molar refractivity (Wildman–Crippen MR) is 57.5 cm³/mol. The minimum Gasteiger partial charge on any atom is -0.378 e. The normalized spacial score (nSPS) is 24.9.